The number of halogens is 5. The molecule has 2 aromatic carbocycles. The van der Waals surface area contributed by atoms with Gasteiger partial charge in [0.05, 0.1) is 35.9 Å². The lowest BCUT2D eigenvalue weighted by molar-refractivity contribution is -0.206. The summed E-state index contributed by atoms with van der Waals surface area (Å²) in [7, 11) is 0. The van der Waals surface area contributed by atoms with E-state index in [9.17, 15) is 32.6 Å². The third-order valence-electron chi connectivity index (χ3n) is 7.95. The van der Waals surface area contributed by atoms with E-state index in [1.165, 1.54) is 39.4 Å². The van der Waals surface area contributed by atoms with E-state index >= 15 is 0 Å². The minimum absolute atomic E-state index is 0.0689. The number of fused-ring (bicyclic) bond motifs is 5. The molecule has 3 heterocycles. The number of thiophene rings is 1. The normalized spacial score (nSPS) is 13.3. The predicted octanol–water partition coefficient (Wildman–Crippen LogP) is 5.53. The summed E-state index contributed by atoms with van der Waals surface area (Å²) >= 11 is 7.96. The summed E-state index contributed by atoms with van der Waals surface area (Å²) in [5, 5.41) is 27.8. The summed E-state index contributed by atoms with van der Waals surface area (Å²) in [6.45, 7) is -0.654. The summed E-state index contributed by atoms with van der Waals surface area (Å²) in [6, 6.07) is 11.3. The number of anilines is 2. The van der Waals surface area contributed by atoms with Gasteiger partial charge in [0.1, 0.15) is 41.3 Å². The average Bonchev–Trinajstić information content (AvgIpc) is 3.66. The van der Waals surface area contributed by atoms with Crippen LogP contribution in [0.1, 0.15) is 16.8 Å². The van der Waals surface area contributed by atoms with Crippen LogP contribution in [0.25, 0.3) is 20.7 Å². The number of hydrogen-bond acceptors (Lipinski definition) is 11. The number of carbonyl (C=O) groups excluding carboxylic acids is 1. The van der Waals surface area contributed by atoms with Crippen molar-refractivity contribution in [3.8, 4) is 16.2 Å². The molecule has 1 aliphatic carbocycles. The molecule has 3 aromatic heterocycles. The van der Waals surface area contributed by atoms with E-state index in [1.807, 2.05) is 0 Å². The maximum Gasteiger partial charge on any atom is 0.490 e. The van der Waals surface area contributed by atoms with Crippen molar-refractivity contribution in [3.05, 3.63) is 82.6 Å². The first-order valence-corrected chi connectivity index (χ1v) is 16.7. The van der Waals surface area contributed by atoms with Gasteiger partial charge in [-0.15, -0.1) is 11.3 Å². The highest BCUT2D eigenvalue weighted by Gasteiger charge is 2.42. The van der Waals surface area contributed by atoms with Gasteiger partial charge in [0.2, 0.25) is 0 Å². The first-order valence-electron chi connectivity index (χ1n) is 15.5. The topological polar surface area (TPSA) is 135 Å². The van der Waals surface area contributed by atoms with E-state index in [4.69, 9.17) is 21.1 Å². The second-order valence-electron chi connectivity index (χ2n) is 11.5. The molecule has 50 heavy (non-hydrogen) atoms. The molecular weight excluding hydrogens is 704 g/mol. The number of ether oxygens (including phenoxy) is 2. The average molecular weight is 735 g/mol. The molecular formula is C33H31ClF4N6O5S. The number of rotatable bonds is 14. The van der Waals surface area contributed by atoms with Gasteiger partial charge >= 0.3 is 12.1 Å². The van der Waals surface area contributed by atoms with Gasteiger partial charge in [-0.2, -0.15) is 18.3 Å². The molecule has 264 valence electrons. The molecule has 0 radical (unpaired) electrons. The van der Waals surface area contributed by atoms with Crippen LogP contribution in [0.4, 0.5) is 29.1 Å². The van der Waals surface area contributed by atoms with Crippen LogP contribution in [-0.4, -0.2) is 86.0 Å². The molecule has 6 rings (SSSR count). The number of nitrogens with zero attached hydrogens (tertiary/aromatic N) is 5. The Morgan fingerprint density at radius 2 is 1.92 bits per heavy atom. The van der Waals surface area contributed by atoms with Crippen molar-refractivity contribution in [1.29, 1.82) is 0 Å². The summed E-state index contributed by atoms with van der Waals surface area (Å²) in [5.41, 5.74) is 3.81. The molecule has 0 fully saturated rings. The van der Waals surface area contributed by atoms with Crippen molar-refractivity contribution in [2.45, 2.75) is 38.3 Å². The number of aliphatic hydroxyl groups is 2. The summed E-state index contributed by atoms with van der Waals surface area (Å²) < 4.78 is 65.0. The number of aryl methyl sites for hydroxylation is 2. The standard InChI is InChI=1S/C33H31ClF4N6O5S/c34-25-13-21(4-7-27(25)48-17-19-2-1-3-20(35)12-19)41-30-28-23-5-6-26-24(29(23)50-31(28)40-18-39-30)16-44(42-26)15-22(49-32(47)33(36,37)38)14-43(8-10-45)9-11-46/h1-4,7,12-13,16,18,22,45-46H,5-6,8-11,14-15,17H2,(H,39,40,41)/t22-/m1/s1. The van der Waals surface area contributed by atoms with E-state index in [-0.39, 0.29) is 51.8 Å². The molecule has 1 aliphatic rings. The number of nitrogens with one attached hydrogen (secondary N) is 1. The van der Waals surface area contributed by atoms with E-state index < -0.39 is 18.2 Å². The lowest BCUT2D eigenvalue weighted by Gasteiger charge is -2.26. The second kappa shape index (κ2) is 15.3. The summed E-state index contributed by atoms with van der Waals surface area (Å²) in [4.78, 5) is 23.9. The van der Waals surface area contributed by atoms with E-state index in [0.29, 0.717) is 40.7 Å². The summed E-state index contributed by atoms with van der Waals surface area (Å²) in [6.07, 6.45) is -2.17. The largest absolute Gasteiger partial charge is 0.490 e. The van der Waals surface area contributed by atoms with Crippen LogP contribution >= 0.6 is 22.9 Å². The highest BCUT2D eigenvalue weighted by atomic mass is 35.5. The molecule has 3 N–H and O–H groups in total. The van der Waals surface area contributed by atoms with Gasteiger partial charge in [-0.25, -0.2) is 19.2 Å². The van der Waals surface area contributed by atoms with E-state index in [2.05, 4.69) is 20.4 Å². The Kier molecular flexibility index (Phi) is 10.8. The minimum Gasteiger partial charge on any atom is -0.487 e. The van der Waals surface area contributed by atoms with E-state index in [0.717, 1.165) is 31.9 Å². The molecule has 5 aromatic rings. The monoisotopic (exact) mass is 734 g/mol. The number of aliphatic hydroxyl groups excluding tert-OH is 2. The quantitative estimate of drug-likeness (QED) is 0.0988. The third-order valence-corrected chi connectivity index (χ3v) is 9.42. The van der Waals surface area contributed by atoms with Gasteiger partial charge in [0, 0.05) is 42.0 Å². The predicted molar refractivity (Wildman–Crippen MR) is 178 cm³/mol. The number of hydrogen-bond donors (Lipinski definition) is 3. The molecule has 1 atom stereocenters. The van der Waals surface area contributed by atoms with Crippen LogP contribution < -0.4 is 10.1 Å². The smallest absolute Gasteiger partial charge is 0.487 e. The van der Waals surface area contributed by atoms with Crippen molar-refractivity contribution in [2.24, 2.45) is 0 Å². The van der Waals surface area contributed by atoms with Crippen LogP contribution in [-0.2, 0) is 35.5 Å². The van der Waals surface area contributed by atoms with Crippen LogP contribution in [0.3, 0.4) is 0 Å². The molecule has 0 spiro atoms. The van der Waals surface area contributed by atoms with Crippen molar-refractivity contribution < 1.29 is 42.0 Å². The van der Waals surface area contributed by atoms with Gasteiger partial charge in [-0.05, 0) is 54.3 Å². The van der Waals surface area contributed by atoms with E-state index in [1.54, 1.807) is 36.5 Å². The highest BCUT2D eigenvalue weighted by molar-refractivity contribution is 7.22. The number of aromatic nitrogens is 4. The highest BCUT2D eigenvalue weighted by Crippen LogP contribution is 2.45. The van der Waals surface area contributed by atoms with Gasteiger partial charge in [0.25, 0.3) is 0 Å². The third kappa shape index (κ3) is 8.16. The van der Waals surface area contributed by atoms with Crippen molar-refractivity contribution in [3.63, 3.8) is 0 Å². The van der Waals surface area contributed by atoms with Crippen molar-refractivity contribution in [2.75, 3.05) is 38.2 Å². The lowest BCUT2D eigenvalue weighted by Crippen LogP contribution is -2.42. The first-order chi connectivity index (χ1) is 24.0. The van der Waals surface area contributed by atoms with Crippen LogP contribution in [0.5, 0.6) is 5.75 Å². The van der Waals surface area contributed by atoms with Crippen molar-refractivity contribution >= 4 is 50.6 Å². The molecule has 0 bridgehead atoms. The maximum atomic E-state index is 13.5. The minimum atomic E-state index is -5.19. The molecule has 11 nitrogen and oxygen atoms in total. The van der Waals surface area contributed by atoms with Crippen molar-refractivity contribution in [1.82, 2.24) is 24.6 Å². The molecule has 0 unspecified atom stereocenters. The zero-order valence-electron chi connectivity index (χ0n) is 26.3. The molecule has 0 saturated heterocycles. The Balaban J connectivity index is 1.22. The fourth-order valence-electron chi connectivity index (χ4n) is 5.76. The molecule has 0 aliphatic heterocycles. The van der Waals surface area contributed by atoms with Crippen LogP contribution in [0, 0.1) is 5.82 Å². The second-order valence-corrected chi connectivity index (χ2v) is 12.9. The Morgan fingerprint density at radius 1 is 1.12 bits per heavy atom. The Hall–Kier alpha value is -4.35. The number of alkyl halides is 3. The first kappa shape index (κ1) is 35.5. The Bertz CT molecular complexity index is 1980. The SMILES string of the molecule is O=C(O[C@H](CN(CCO)CCO)Cn1cc2c(n1)CCc1c-2sc2ncnc(Nc3ccc(OCc4cccc(F)c4)c(Cl)c3)c12)C(F)(F)F. The van der Waals surface area contributed by atoms with Gasteiger partial charge < -0.3 is 25.0 Å². The van der Waals surface area contributed by atoms with Gasteiger partial charge in [-0.3, -0.25) is 9.58 Å². The number of carbonyl (C=O) groups is 1. The van der Waals surface area contributed by atoms with Crippen LogP contribution in [0.2, 0.25) is 5.02 Å². The zero-order valence-corrected chi connectivity index (χ0v) is 27.9. The molecule has 17 heteroatoms. The Morgan fingerprint density at radius 3 is 2.64 bits per heavy atom. The Labute approximate surface area is 292 Å². The van der Waals surface area contributed by atoms with Gasteiger partial charge in [-0.1, -0.05) is 23.7 Å². The zero-order chi connectivity index (χ0) is 35.4. The maximum absolute atomic E-state index is 13.5. The van der Waals surface area contributed by atoms with Crippen LogP contribution in [0.15, 0.2) is 55.0 Å². The fourth-order valence-corrected chi connectivity index (χ4v) is 7.22. The number of esters is 1. The molecule has 0 amide bonds. The lowest BCUT2D eigenvalue weighted by atomic mass is 9.95. The fraction of sp³-hybridized carbons (Fsp3) is 0.333. The summed E-state index contributed by atoms with van der Waals surface area (Å²) in [5.74, 6) is -1.70. The van der Waals surface area contributed by atoms with Gasteiger partial charge in [0.15, 0.2) is 0 Å². The molecule has 0 saturated carbocycles. The number of benzene rings is 2.